The monoisotopic (exact) mass is 492 g/mol. The third-order valence-corrected chi connectivity index (χ3v) is 9.27. The zero-order valence-electron chi connectivity index (χ0n) is 20.1. The zero-order chi connectivity index (χ0) is 24.7. The standard InChI is InChI=1S/C24H36N4O5S/c1-12(25)5-4-6-15-7-8-27(11-15)22(30)17-9-16(10-26-17)34-21-13(2)19-18(14(3)29)23(31)28(19)20(21)24(32)33/h13-19,25-26,29H,4-11H2,1-3H3,(H,32,33)/t13-,14-,15+,16+,17+,18-,19-/m1/s1. The smallest absolute Gasteiger partial charge is 0.353 e. The minimum atomic E-state index is -1.12. The molecule has 3 fully saturated rings. The van der Waals surface area contributed by atoms with Crippen LogP contribution < -0.4 is 5.32 Å². The second-order valence-electron chi connectivity index (χ2n) is 10.3. The van der Waals surface area contributed by atoms with Crippen LogP contribution in [0.1, 0.15) is 52.9 Å². The number of hydrogen-bond acceptors (Lipinski definition) is 7. The number of nitrogens with zero attached hydrogens (tertiary/aromatic N) is 2. The van der Waals surface area contributed by atoms with E-state index in [1.165, 1.54) is 16.7 Å². The summed E-state index contributed by atoms with van der Waals surface area (Å²) in [5.41, 5.74) is 0.750. The summed E-state index contributed by atoms with van der Waals surface area (Å²) in [6.07, 6.45) is 3.68. The van der Waals surface area contributed by atoms with E-state index in [9.17, 15) is 24.6 Å². The van der Waals surface area contributed by atoms with Crippen molar-refractivity contribution in [1.82, 2.24) is 15.1 Å². The summed E-state index contributed by atoms with van der Waals surface area (Å²) in [7, 11) is 0. The van der Waals surface area contributed by atoms with Crippen LogP contribution in [0.25, 0.3) is 0 Å². The highest BCUT2D eigenvalue weighted by Gasteiger charge is 2.60. The summed E-state index contributed by atoms with van der Waals surface area (Å²) in [5.74, 6) is -1.54. The molecular formula is C24H36N4O5S. The molecule has 0 spiro atoms. The highest BCUT2D eigenvalue weighted by Crippen LogP contribution is 2.51. The van der Waals surface area contributed by atoms with Crippen LogP contribution in [0.4, 0.5) is 0 Å². The second kappa shape index (κ2) is 9.99. The molecule has 2 amide bonds. The van der Waals surface area contributed by atoms with Gasteiger partial charge in [0.25, 0.3) is 0 Å². The van der Waals surface area contributed by atoms with Crippen LogP contribution in [0.15, 0.2) is 10.6 Å². The molecular weight excluding hydrogens is 456 g/mol. The number of likely N-dealkylation sites (tertiary alicyclic amines) is 1. The Labute approximate surface area is 204 Å². The van der Waals surface area contributed by atoms with E-state index in [0.717, 1.165) is 38.8 Å². The number of carboxylic acids is 1. The molecule has 0 aromatic rings. The summed E-state index contributed by atoms with van der Waals surface area (Å²) >= 11 is 1.47. The summed E-state index contributed by atoms with van der Waals surface area (Å²) in [6.45, 7) is 7.49. The molecule has 0 unspecified atom stereocenters. The molecule has 0 saturated carbocycles. The number of aliphatic hydroxyl groups is 1. The van der Waals surface area contributed by atoms with E-state index in [0.29, 0.717) is 29.5 Å². The van der Waals surface area contributed by atoms with Gasteiger partial charge in [0.1, 0.15) is 5.70 Å². The average Bonchev–Trinajstić information content (AvgIpc) is 3.46. The number of aliphatic hydroxyl groups excluding tert-OH is 1. The van der Waals surface area contributed by atoms with E-state index < -0.39 is 18.0 Å². The maximum atomic E-state index is 13.1. The summed E-state index contributed by atoms with van der Waals surface area (Å²) in [4.78, 5) is 41.6. The number of nitrogens with one attached hydrogen (secondary N) is 2. The van der Waals surface area contributed by atoms with Crippen molar-refractivity contribution >= 4 is 35.3 Å². The minimum absolute atomic E-state index is 0.0433. The quantitative estimate of drug-likeness (QED) is 0.284. The third-order valence-electron chi connectivity index (χ3n) is 7.76. The van der Waals surface area contributed by atoms with Gasteiger partial charge in [0.2, 0.25) is 11.8 Å². The molecule has 4 rings (SSSR count). The van der Waals surface area contributed by atoms with Gasteiger partial charge in [0.15, 0.2) is 0 Å². The molecule has 188 valence electrons. The number of amides is 2. The van der Waals surface area contributed by atoms with Gasteiger partial charge in [-0.2, -0.15) is 0 Å². The Bertz CT molecular complexity index is 906. The van der Waals surface area contributed by atoms with E-state index >= 15 is 0 Å². The Morgan fingerprint density at radius 2 is 2.09 bits per heavy atom. The first kappa shape index (κ1) is 25.2. The van der Waals surface area contributed by atoms with Crippen molar-refractivity contribution in [3.8, 4) is 0 Å². The molecule has 0 bridgehead atoms. The molecule has 9 nitrogen and oxygen atoms in total. The highest BCUT2D eigenvalue weighted by atomic mass is 32.2. The molecule has 4 aliphatic heterocycles. The van der Waals surface area contributed by atoms with Crippen molar-refractivity contribution < 1.29 is 24.6 Å². The first-order chi connectivity index (χ1) is 16.1. The van der Waals surface area contributed by atoms with Gasteiger partial charge in [-0.3, -0.25) is 9.59 Å². The Hall–Kier alpha value is -1.91. The lowest BCUT2D eigenvalue weighted by Crippen LogP contribution is -2.63. The molecule has 0 aliphatic carbocycles. The van der Waals surface area contributed by atoms with Gasteiger partial charge in [-0.05, 0) is 51.9 Å². The Morgan fingerprint density at radius 1 is 1.35 bits per heavy atom. The Kier molecular flexibility index (Phi) is 7.40. The largest absolute Gasteiger partial charge is 0.477 e. The summed E-state index contributed by atoms with van der Waals surface area (Å²) < 4.78 is 0. The van der Waals surface area contributed by atoms with Gasteiger partial charge < -0.3 is 30.7 Å². The van der Waals surface area contributed by atoms with Gasteiger partial charge in [-0.25, -0.2) is 4.79 Å². The van der Waals surface area contributed by atoms with Gasteiger partial charge in [0, 0.05) is 41.4 Å². The molecule has 34 heavy (non-hydrogen) atoms. The fourth-order valence-corrected chi connectivity index (χ4v) is 7.46. The van der Waals surface area contributed by atoms with Crippen LogP contribution in [0.3, 0.4) is 0 Å². The van der Waals surface area contributed by atoms with Crippen LogP contribution in [0, 0.1) is 23.2 Å². The number of carboxylic acid groups (broad SMARTS) is 1. The Morgan fingerprint density at radius 3 is 2.74 bits per heavy atom. The van der Waals surface area contributed by atoms with Crippen molar-refractivity contribution in [2.45, 2.75) is 76.3 Å². The average molecular weight is 493 g/mol. The number of rotatable bonds is 9. The van der Waals surface area contributed by atoms with E-state index in [2.05, 4.69) is 5.32 Å². The van der Waals surface area contributed by atoms with Crippen LogP contribution in [-0.2, 0) is 14.4 Å². The van der Waals surface area contributed by atoms with E-state index in [1.807, 2.05) is 18.7 Å². The first-order valence-corrected chi connectivity index (χ1v) is 13.2. The van der Waals surface area contributed by atoms with Crippen molar-refractivity contribution in [3.05, 3.63) is 10.6 Å². The lowest BCUT2D eigenvalue weighted by molar-refractivity contribution is -0.163. The summed E-state index contributed by atoms with van der Waals surface area (Å²) in [6, 6.07) is -0.583. The van der Waals surface area contributed by atoms with E-state index in [4.69, 9.17) is 5.41 Å². The second-order valence-corrected chi connectivity index (χ2v) is 11.7. The van der Waals surface area contributed by atoms with E-state index in [-0.39, 0.29) is 40.8 Å². The molecule has 7 atom stereocenters. The number of carbonyl (C=O) groups is 3. The molecule has 0 radical (unpaired) electrons. The minimum Gasteiger partial charge on any atom is -0.477 e. The molecule has 10 heteroatoms. The van der Waals surface area contributed by atoms with Crippen molar-refractivity contribution in [2.24, 2.45) is 17.8 Å². The number of fused-ring (bicyclic) bond motifs is 1. The number of carbonyl (C=O) groups excluding carboxylic acids is 2. The lowest BCUT2D eigenvalue weighted by atomic mass is 9.79. The van der Waals surface area contributed by atoms with Crippen LogP contribution >= 0.6 is 11.8 Å². The van der Waals surface area contributed by atoms with Crippen molar-refractivity contribution in [1.29, 1.82) is 5.41 Å². The SMILES string of the molecule is CC(=N)CCC[C@H]1CCN(C(=O)[C@@H]2C[C@H](SC3=C(C(=O)O)N4C(=O)[C@H]([C@@H](C)O)[C@H]4[C@H]3C)CN2)C1. The number of aliphatic carboxylic acids is 1. The molecule has 0 aromatic heterocycles. The van der Waals surface area contributed by atoms with Gasteiger partial charge in [-0.15, -0.1) is 11.8 Å². The molecule has 4 heterocycles. The van der Waals surface area contributed by atoms with Gasteiger partial charge in [-0.1, -0.05) is 6.92 Å². The van der Waals surface area contributed by atoms with Crippen molar-refractivity contribution in [3.63, 3.8) is 0 Å². The molecule has 3 saturated heterocycles. The fraction of sp³-hybridized carbons (Fsp3) is 0.750. The van der Waals surface area contributed by atoms with Gasteiger partial charge >= 0.3 is 5.97 Å². The highest BCUT2D eigenvalue weighted by molar-refractivity contribution is 8.03. The van der Waals surface area contributed by atoms with E-state index in [1.54, 1.807) is 6.92 Å². The fourth-order valence-electron chi connectivity index (χ4n) is 5.98. The maximum Gasteiger partial charge on any atom is 0.353 e. The number of hydrogen-bond donors (Lipinski definition) is 4. The topological polar surface area (TPSA) is 134 Å². The predicted octanol–water partition coefficient (Wildman–Crippen LogP) is 1.66. The molecule has 4 N–H and O–H groups in total. The summed E-state index contributed by atoms with van der Waals surface area (Å²) in [5, 5.41) is 30.8. The molecule has 4 aliphatic rings. The van der Waals surface area contributed by atoms with Crippen LogP contribution in [-0.4, -0.2) is 86.6 Å². The van der Waals surface area contributed by atoms with Crippen molar-refractivity contribution in [2.75, 3.05) is 19.6 Å². The Balaban J connectivity index is 1.34. The normalized spacial score (nSPS) is 33.8. The first-order valence-electron chi connectivity index (χ1n) is 12.3. The van der Waals surface area contributed by atoms with Crippen LogP contribution in [0.5, 0.6) is 0 Å². The predicted molar refractivity (Wildman–Crippen MR) is 129 cm³/mol. The third kappa shape index (κ3) is 4.64. The zero-order valence-corrected chi connectivity index (χ0v) is 20.9. The van der Waals surface area contributed by atoms with Gasteiger partial charge in [0.05, 0.1) is 24.1 Å². The number of β-lactam (4-membered cyclic amide) rings is 1. The number of thioether (sulfide) groups is 1. The van der Waals surface area contributed by atoms with Crippen LogP contribution in [0.2, 0.25) is 0 Å². The lowest BCUT2D eigenvalue weighted by Gasteiger charge is -2.46. The molecule has 0 aromatic carbocycles. The maximum absolute atomic E-state index is 13.1.